The second-order valence-electron chi connectivity index (χ2n) is 6.07. The van der Waals surface area contributed by atoms with Gasteiger partial charge in [0.25, 0.3) is 0 Å². The lowest BCUT2D eigenvalue weighted by Gasteiger charge is -2.23. The molecule has 0 atom stereocenters. The van der Waals surface area contributed by atoms with E-state index in [-0.39, 0.29) is 5.41 Å². The molecule has 0 aliphatic carbocycles. The molecule has 0 aliphatic rings. The van der Waals surface area contributed by atoms with Crippen LogP contribution in [-0.4, -0.2) is 19.7 Å². The lowest BCUT2D eigenvalue weighted by atomic mass is 9.85. The molecule has 0 saturated heterocycles. The second kappa shape index (κ2) is 6.76. The second-order valence-corrected chi connectivity index (χ2v) is 6.07. The number of likely N-dealkylation sites (N-methyl/N-ethyl adjacent to an activating group) is 1. The molecule has 1 rings (SSSR count). The van der Waals surface area contributed by atoms with Crippen molar-refractivity contribution in [1.82, 2.24) is 5.32 Å². The zero-order valence-corrected chi connectivity index (χ0v) is 13.0. The van der Waals surface area contributed by atoms with E-state index in [1.165, 1.54) is 11.1 Å². The topological polar surface area (TPSA) is 21.3 Å². The molecule has 2 nitrogen and oxygen atoms in total. The van der Waals surface area contributed by atoms with E-state index in [2.05, 4.69) is 64.7 Å². The summed E-state index contributed by atoms with van der Waals surface area (Å²) in [4.78, 5) is 0. The minimum absolute atomic E-state index is 0.0877. The number of benzene rings is 1. The van der Waals surface area contributed by atoms with Crippen molar-refractivity contribution < 1.29 is 4.74 Å². The van der Waals surface area contributed by atoms with Crippen molar-refractivity contribution in [2.24, 2.45) is 0 Å². The highest BCUT2D eigenvalue weighted by atomic mass is 16.5. The molecule has 0 amide bonds. The molecule has 1 N–H and O–H groups in total. The molecule has 0 unspecified atom stereocenters. The Morgan fingerprint density at radius 2 is 2.00 bits per heavy atom. The highest BCUT2D eigenvalue weighted by molar-refractivity contribution is 5.41. The lowest BCUT2D eigenvalue weighted by molar-refractivity contribution is 0.337. The monoisotopic (exact) mass is 261 g/mol. The third-order valence-corrected chi connectivity index (χ3v) is 3.00. The summed E-state index contributed by atoms with van der Waals surface area (Å²) < 4.78 is 5.94. The molecule has 1 aromatic carbocycles. The van der Waals surface area contributed by atoms with Crippen molar-refractivity contribution in [3.63, 3.8) is 0 Å². The van der Waals surface area contributed by atoms with E-state index in [9.17, 15) is 0 Å². The van der Waals surface area contributed by atoms with Gasteiger partial charge in [-0.15, -0.1) is 0 Å². The van der Waals surface area contributed by atoms with Crippen LogP contribution in [0, 0.1) is 6.92 Å². The molecular weight excluding hydrogens is 234 g/mol. The Balaban J connectivity index is 2.76. The molecule has 0 saturated carbocycles. The predicted octanol–water partition coefficient (Wildman–Crippen LogP) is 3.84. The van der Waals surface area contributed by atoms with E-state index in [1.54, 1.807) is 0 Å². The third kappa shape index (κ3) is 5.07. The Bertz CT molecular complexity index is 429. The van der Waals surface area contributed by atoms with Crippen molar-refractivity contribution in [3.05, 3.63) is 41.5 Å². The Kier molecular flexibility index (Phi) is 5.61. The summed E-state index contributed by atoms with van der Waals surface area (Å²) in [7, 11) is 0. The summed E-state index contributed by atoms with van der Waals surface area (Å²) in [6, 6.07) is 6.37. The first-order valence-corrected chi connectivity index (χ1v) is 6.96. The van der Waals surface area contributed by atoms with E-state index in [1.807, 2.05) is 0 Å². The van der Waals surface area contributed by atoms with Gasteiger partial charge < -0.3 is 10.1 Å². The van der Waals surface area contributed by atoms with Crippen LogP contribution in [0.5, 0.6) is 5.75 Å². The average Bonchev–Trinajstić information content (AvgIpc) is 2.33. The zero-order chi connectivity index (χ0) is 14.5. The minimum atomic E-state index is 0.0877. The van der Waals surface area contributed by atoms with Crippen molar-refractivity contribution in [2.75, 3.05) is 19.7 Å². The van der Waals surface area contributed by atoms with Gasteiger partial charge in [-0.3, -0.25) is 0 Å². The highest BCUT2D eigenvalue weighted by Crippen LogP contribution is 2.32. The molecule has 0 heterocycles. The van der Waals surface area contributed by atoms with Gasteiger partial charge in [-0.25, -0.2) is 0 Å². The van der Waals surface area contributed by atoms with Gasteiger partial charge in [-0.2, -0.15) is 0 Å². The van der Waals surface area contributed by atoms with Crippen LogP contribution < -0.4 is 10.1 Å². The van der Waals surface area contributed by atoms with Gasteiger partial charge in [0, 0.05) is 6.54 Å². The van der Waals surface area contributed by atoms with Crippen LogP contribution in [0.2, 0.25) is 0 Å². The third-order valence-electron chi connectivity index (χ3n) is 3.00. The summed E-state index contributed by atoms with van der Waals surface area (Å²) in [6.07, 6.45) is 0. The molecule has 2 heteroatoms. The molecule has 0 radical (unpaired) electrons. The fourth-order valence-corrected chi connectivity index (χ4v) is 1.89. The van der Waals surface area contributed by atoms with Crippen molar-refractivity contribution in [1.29, 1.82) is 0 Å². The van der Waals surface area contributed by atoms with E-state index in [0.717, 1.165) is 24.4 Å². The number of hydrogen-bond donors (Lipinski definition) is 1. The maximum Gasteiger partial charge on any atom is 0.123 e. The molecule has 19 heavy (non-hydrogen) atoms. The fraction of sp³-hybridized carbons (Fsp3) is 0.529. The molecule has 106 valence electrons. The first-order valence-electron chi connectivity index (χ1n) is 6.96. The van der Waals surface area contributed by atoms with Gasteiger partial charge in [-0.05, 0) is 36.1 Å². The maximum absolute atomic E-state index is 5.94. The van der Waals surface area contributed by atoms with Crippen molar-refractivity contribution >= 4 is 0 Å². The number of aryl methyl sites for hydroxylation is 1. The number of nitrogens with one attached hydrogen (secondary N) is 1. The van der Waals surface area contributed by atoms with Gasteiger partial charge in [0.15, 0.2) is 0 Å². The standard InChI is InChI=1S/C17H27NO/c1-7-18-11-14(3)12-19-16-9-8-13(2)10-15(16)17(4,5)6/h8-10,18H,3,7,11-12H2,1-2,4-6H3. The molecular formula is C17H27NO. The van der Waals surface area contributed by atoms with Crippen LogP contribution in [0.1, 0.15) is 38.8 Å². The van der Waals surface area contributed by atoms with E-state index in [4.69, 9.17) is 4.74 Å². The van der Waals surface area contributed by atoms with Crippen LogP contribution in [0.25, 0.3) is 0 Å². The highest BCUT2D eigenvalue weighted by Gasteiger charge is 2.19. The summed E-state index contributed by atoms with van der Waals surface area (Å²) in [6.45, 7) is 17.2. The predicted molar refractivity (Wildman–Crippen MR) is 83.1 cm³/mol. The van der Waals surface area contributed by atoms with Crippen LogP contribution >= 0.6 is 0 Å². The fourth-order valence-electron chi connectivity index (χ4n) is 1.89. The Morgan fingerprint density at radius 1 is 1.32 bits per heavy atom. The van der Waals surface area contributed by atoms with Gasteiger partial charge in [0.1, 0.15) is 12.4 Å². The summed E-state index contributed by atoms with van der Waals surface area (Å²) >= 11 is 0. The summed E-state index contributed by atoms with van der Waals surface area (Å²) in [5, 5.41) is 3.26. The van der Waals surface area contributed by atoms with Gasteiger partial charge >= 0.3 is 0 Å². The van der Waals surface area contributed by atoms with Crippen molar-refractivity contribution in [2.45, 2.75) is 40.0 Å². The van der Waals surface area contributed by atoms with Crippen LogP contribution in [0.15, 0.2) is 30.4 Å². The van der Waals surface area contributed by atoms with Crippen LogP contribution in [0.4, 0.5) is 0 Å². The average molecular weight is 261 g/mol. The number of ether oxygens (including phenoxy) is 1. The van der Waals surface area contributed by atoms with E-state index in [0.29, 0.717) is 6.61 Å². The van der Waals surface area contributed by atoms with Crippen molar-refractivity contribution in [3.8, 4) is 5.75 Å². The minimum Gasteiger partial charge on any atom is -0.489 e. The smallest absolute Gasteiger partial charge is 0.123 e. The van der Waals surface area contributed by atoms with Gasteiger partial charge in [-0.1, -0.05) is 52.0 Å². The molecule has 0 fully saturated rings. The zero-order valence-electron chi connectivity index (χ0n) is 13.0. The SMILES string of the molecule is C=C(CNCC)COc1ccc(C)cc1C(C)(C)C. The number of hydrogen-bond acceptors (Lipinski definition) is 2. The van der Waals surface area contributed by atoms with E-state index < -0.39 is 0 Å². The molecule has 0 spiro atoms. The first kappa shape index (κ1) is 15.8. The van der Waals surface area contributed by atoms with Crippen LogP contribution in [-0.2, 0) is 5.41 Å². The molecule has 0 aromatic heterocycles. The van der Waals surface area contributed by atoms with E-state index >= 15 is 0 Å². The van der Waals surface area contributed by atoms with Crippen LogP contribution in [0.3, 0.4) is 0 Å². The Morgan fingerprint density at radius 3 is 2.58 bits per heavy atom. The Labute approximate surface area is 117 Å². The largest absolute Gasteiger partial charge is 0.489 e. The maximum atomic E-state index is 5.94. The normalized spacial score (nSPS) is 11.4. The molecule has 0 bridgehead atoms. The molecule has 0 aliphatic heterocycles. The Hall–Kier alpha value is -1.28. The van der Waals surface area contributed by atoms with Gasteiger partial charge in [0.05, 0.1) is 0 Å². The summed E-state index contributed by atoms with van der Waals surface area (Å²) in [5.41, 5.74) is 3.68. The first-order chi connectivity index (χ1) is 8.84. The molecule has 1 aromatic rings. The van der Waals surface area contributed by atoms with Gasteiger partial charge in [0.2, 0.25) is 0 Å². The number of rotatable bonds is 6. The lowest BCUT2D eigenvalue weighted by Crippen LogP contribution is -2.20. The quantitative estimate of drug-likeness (QED) is 0.786. The summed E-state index contributed by atoms with van der Waals surface area (Å²) in [5.74, 6) is 0.968.